The molecule has 0 aromatic carbocycles. The van der Waals surface area contributed by atoms with Crippen LogP contribution < -0.4 is 10.6 Å². The van der Waals surface area contributed by atoms with E-state index >= 15 is 0 Å². The smallest absolute Gasteiger partial charge is 0.315 e. The molecule has 2 amide bonds. The summed E-state index contributed by atoms with van der Waals surface area (Å²) in [5.74, 6) is -0.961. The van der Waals surface area contributed by atoms with Crippen LogP contribution in [0.3, 0.4) is 0 Å². The standard InChI is InChI=1S/C15H26N2O4/c1-15(6-8-21-9-7-15)10-16-14(20)17-12-4-2-11(3-5-12)13(18)19/h11-12H,2-10H2,1H3,(H,18,19)(H2,16,17,20). The fourth-order valence-electron chi connectivity index (χ4n) is 3.06. The molecule has 3 N–H and O–H groups in total. The second-order valence-electron chi connectivity index (χ2n) is 6.64. The van der Waals surface area contributed by atoms with Crippen molar-refractivity contribution in [3.63, 3.8) is 0 Å². The number of carbonyl (C=O) groups is 2. The normalized spacial score (nSPS) is 28.6. The second kappa shape index (κ2) is 7.11. The summed E-state index contributed by atoms with van der Waals surface area (Å²) in [6.45, 7) is 4.36. The van der Waals surface area contributed by atoms with Crippen LogP contribution in [-0.4, -0.2) is 42.9 Å². The van der Waals surface area contributed by atoms with Crippen LogP contribution in [-0.2, 0) is 9.53 Å². The molecule has 2 fully saturated rings. The summed E-state index contributed by atoms with van der Waals surface area (Å²) < 4.78 is 5.35. The Morgan fingerprint density at radius 2 is 1.81 bits per heavy atom. The monoisotopic (exact) mass is 298 g/mol. The summed E-state index contributed by atoms with van der Waals surface area (Å²) >= 11 is 0. The van der Waals surface area contributed by atoms with Gasteiger partial charge >= 0.3 is 12.0 Å². The van der Waals surface area contributed by atoms with E-state index in [1.165, 1.54) is 0 Å². The molecule has 0 unspecified atom stereocenters. The fourth-order valence-corrected chi connectivity index (χ4v) is 3.06. The Hall–Kier alpha value is -1.30. The van der Waals surface area contributed by atoms with E-state index in [-0.39, 0.29) is 23.4 Å². The summed E-state index contributed by atoms with van der Waals surface area (Å²) in [4.78, 5) is 22.8. The third kappa shape index (κ3) is 4.88. The molecule has 0 aromatic heterocycles. The van der Waals surface area contributed by atoms with E-state index in [4.69, 9.17) is 9.84 Å². The van der Waals surface area contributed by atoms with Crippen molar-refractivity contribution in [1.29, 1.82) is 0 Å². The summed E-state index contributed by atoms with van der Waals surface area (Å²) in [5, 5.41) is 14.9. The van der Waals surface area contributed by atoms with Gasteiger partial charge in [0.1, 0.15) is 0 Å². The number of hydrogen-bond donors (Lipinski definition) is 3. The first kappa shape index (κ1) is 16.1. The largest absolute Gasteiger partial charge is 0.481 e. The highest BCUT2D eigenvalue weighted by Crippen LogP contribution is 2.28. The van der Waals surface area contributed by atoms with Gasteiger partial charge in [-0.15, -0.1) is 0 Å². The molecule has 120 valence electrons. The van der Waals surface area contributed by atoms with Crippen molar-refractivity contribution in [2.24, 2.45) is 11.3 Å². The maximum atomic E-state index is 11.9. The molecule has 1 heterocycles. The molecule has 0 aromatic rings. The Morgan fingerprint density at radius 1 is 1.19 bits per heavy atom. The van der Waals surface area contributed by atoms with Crippen LogP contribution in [0.15, 0.2) is 0 Å². The highest BCUT2D eigenvalue weighted by Gasteiger charge is 2.29. The molecule has 0 radical (unpaired) electrons. The van der Waals surface area contributed by atoms with Crippen molar-refractivity contribution < 1.29 is 19.4 Å². The van der Waals surface area contributed by atoms with Gasteiger partial charge in [0.05, 0.1) is 5.92 Å². The number of rotatable bonds is 4. The molecule has 21 heavy (non-hydrogen) atoms. The Bertz CT molecular complexity index is 372. The first-order chi connectivity index (χ1) is 9.98. The van der Waals surface area contributed by atoms with E-state index in [0.29, 0.717) is 19.4 Å². The molecule has 2 aliphatic rings. The zero-order valence-electron chi connectivity index (χ0n) is 12.7. The van der Waals surface area contributed by atoms with E-state index in [1.807, 2.05) is 0 Å². The van der Waals surface area contributed by atoms with Crippen molar-refractivity contribution in [2.45, 2.75) is 51.5 Å². The Morgan fingerprint density at radius 3 is 2.38 bits per heavy atom. The molecule has 1 saturated carbocycles. The van der Waals surface area contributed by atoms with Crippen LogP contribution in [0, 0.1) is 11.3 Å². The predicted molar refractivity (Wildman–Crippen MR) is 78.1 cm³/mol. The lowest BCUT2D eigenvalue weighted by Crippen LogP contribution is -2.47. The molecule has 0 spiro atoms. The number of hydrogen-bond acceptors (Lipinski definition) is 3. The minimum atomic E-state index is -0.717. The number of urea groups is 1. The molecule has 2 rings (SSSR count). The molecule has 1 aliphatic carbocycles. The molecule has 6 heteroatoms. The van der Waals surface area contributed by atoms with Gasteiger partial charge in [0.2, 0.25) is 0 Å². The number of ether oxygens (including phenoxy) is 1. The lowest BCUT2D eigenvalue weighted by atomic mass is 9.82. The molecule has 0 atom stereocenters. The van der Waals surface area contributed by atoms with Gasteiger partial charge < -0.3 is 20.5 Å². The number of carboxylic acids is 1. The number of nitrogens with one attached hydrogen (secondary N) is 2. The number of amides is 2. The molecular weight excluding hydrogens is 272 g/mol. The van der Waals surface area contributed by atoms with Crippen molar-refractivity contribution >= 4 is 12.0 Å². The van der Waals surface area contributed by atoms with Gasteiger partial charge in [-0.25, -0.2) is 4.79 Å². The maximum absolute atomic E-state index is 11.9. The second-order valence-corrected chi connectivity index (χ2v) is 6.64. The third-order valence-electron chi connectivity index (χ3n) is 4.79. The zero-order chi connectivity index (χ0) is 15.3. The fraction of sp³-hybridized carbons (Fsp3) is 0.867. The third-order valence-corrected chi connectivity index (χ3v) is 4.79. The van der Waals surface area contributed by atoms with E-state index in [9.17, 15) is 9.59 Å². The summed E-state index contributed by atoms with van der Waals surface area (Å²) in [6, 6.07) is -0.0374. The Labute approximate surface area is 125 Å². The van der Waals surface area contributed by atoms with Gasteiger partial charge in [-0.05, 0) is 43.9 Å². The maximum Gasteiger partial charge on any atom is 0.315 e. The minimum Gasteiger partial charge on any atom is -0.481 e. The number of aliphatic carboxylic acids is 1. The zero-order valence-corrected chi connectivity index (χ0v) is 12.7. The van der Waals surface area contributed by atoms with Crippen molar-refractivity contribution in [3.05, 3.63) is 0 Å². The van der Waals surface area contributed by atoms with Crippen LogP contribution in [0.2, 0.25) is 0 Å². The van der Waals surface area contributed by atoms with E-state index in [2.05, 4.69) is 17.6 Å². The lowest BCUT2D eigenvalue weighted by molar-refractivity contribution is -0.142. The van der Waals surface area contributed by atoms with Crippen LogP contribution in [0.1, 0.15) is 45.4 Å². The Balaban J connectivity index is 1.67. The molecule has 0 bridgehead atoms. The average Bonchev–Trinajstić information content (AvgIpc) is 2.47. The number of carboxylic acid groups (broad SMARTS) is 1. The van der Waals surface area contributed by atoms with Gasteiger partial charge in [0.25, 0.3) is 0 Å². The average molecular weight is 298 g/mol. The van der Waals surface area contributed by atoms with Crippen LogP contribution in [0.5, 0.6) is 0 Å². The molecular formula is C15H26N2O4. The van der Waals surface area contributed by atoms with Gasteiger partial charge in [-0.2, -0.15) is 0 Å². The predicted octanol–water partition coefficient (Wildman–Crippen LogP) is 1.75. The van der Waals surface area contributed by atoms with Gasteiger partial charge in [0.15, 0.2) is 0 Å². The van der Waals surface area contributed by atoms with E-state index in [0.717, 1.165) is 38.9 Å². The van der Waals surface area contributed by atoms with Crippen LogP contribution >= 0.6 is 0 Å². The highest BCUT2D eigenvalue weighted by molar-refractivity contribution is 5.74. The van der Waals surface area contributed by atoms with Crippen LogP contribution in [0.25, 0.3) is 0 Å². The molecule has 6 nitrogen and oxygen atoms in total. The van der Waals surface area contributed by atoms with E-state index < -0.39 is 5.97 Å². The quantitative estimate of drug-likeness (QED) is 0.738. The van der Waals surface area contributed by atoms with Gasteiger partial charge in [0, 0.05) is 25.8 Å². The first-order valence-corrected chi connectivity index (χ1v) is 7.83. The number of carbonyl (C=O) groups excluding carboxylic acids is 1. The molecule has 1 aliphatic heterocycles. The summed E-state index contributed by atoms with van der Waals surface area (Å²) in [6.07, 6.45) is 4.73. The van der Waals surface area contributed by atoms with Crippen molar-refractivity contribution in [2.75, 3.05) is 19.8 Å². The lowest BCUT2D eigenvalue weighted by Gasteiger charge is -2.34. The van der Waals surface area contributed by atoms with Gasteiger partial charge in [-0.1, -0.05) is 6.92 Å². The van der Waals surface area contributed by atoms with Crippen molar-refractivity contribution in [3.8, 4) is 0 Å². The Kier molecular flexibility index (Phi) is 5.45. The summed E-state index contributed by atoms with van der Waals surface area (Å²) in [7, 11) is 0. The van der Waals surface area contributed by atoms with Crippen molar-refractivity contribution in [1.82, 2.24) is 10.6 Å². The van der Waals surface area contributed by atoms with Gasteiger partial charge in [-0.3, -0.25) is 4.79 Å². The van der Waals surface area contributed by atoms with E-state index in [1.54, 1.807) is 0 Å². The highest BCUT2D eigenvalue weighted by atomic mass is 16.5. The minimum absolute atomic E-state index is 0.100. The SMILES string of the molecule is CC1(CNC(=O)NC2CCC(C(=O)O)CC2)CCOCC1. The first-order valence-electron chi connectivity index (χ1n) is 7.83. The summed E-state index contributed by atoms with van der Waals surface area (Å²) in [5.41, 5.74) is 0.122. The molecule has 1 saturated heterocycles. The van der Waals surface area contributed by atoms with Crippen LogP contribution in [0.4, 0.5) is 4.79 Å². The topological polar surface area (TPSA) is 87.7 Å².